The summed E-state index contributed by atoms with van der Waals surface area (Å²) < 4.78 is 5.71. The number of para-hydroxylation sites is 2. The van der Waals surface area contributed by atoms with Crippen molar-refractivity contribution in [1.29, 1.82) is 0 Å². The van der Waals surface area contributed by atoms with Gasteiger partial charge in [0.05, 0.1) is 17.8 Å². The minimum absolute atomic E-state index is 0.116. The number of ether oxygens (including phenoxy) is 1. The highest BCUT2D eigenvalue weighted by atomic mass is 16.5. The van der Waals surface area contributed by atoms with Gasteiger partial charge in [0.1, 0.15) is 11.5 Å². The molecule has 0 bridgehead atoms. The number of phenols is 1. The first-order valence-electron chi connectivity index (χ1n) is 9.71. The summed E-state index contributed by atoms with van der Waals surface area (Å²) in [6.07, 6.45) is 1.68. The Hall–Kier alpha value is -3.93. The fourth-order valence-electron chi connectivity index (χ4n) is 3.01. The Balaban J connectivity index is 1.66. The van der Waals surface area contributed by atoms with E-state index in [0.29, 0.717) is 17.2 Å². The molecule has 0 aliphatic rings. The van der Waals surface area contributed by atoms with Crippen LogP contribution in [0.3, 0.4) is 0 Å². The summed E-state index contributed by atoms with van der Waals surface area (Å²) in [5, 5.41) is 15.0. The van der Waals surface area contributed by atoms with Crippen LogP contribution in [0.2, 0.25) is 0 Å². The van der Waals surface area contributed by atoms with Crippen molar-refractivity contribution in [2.75, 3.05) is 5.43 Å². The van der Waals surface area contributed by atoms with Crippen molar-refractivity contribution in [2.24, 2.45) is 5.10 Å². The van der Waals surface area contributed by atoms with E-state index in [1.165, 1.54) is 0 Å². The molecule has 0 spiro atoms. The van der Waals surface area contributed by atoms with E-state index in [4.69, 9.17) is 9.72 Å². The molecule has 0 amide bonds. The second kappa shape index (κ2) is 8.61. The van der Waals surface area contributed by atoms with Gasteiger partial charge < -0.3 is 9.84 Å². The molecular formula is C24H22N4O2. The van der Waals surface area contributed by atoms with E-state index in [2.05, 4.69) is 15.5 Å². The number of aromatic nitrogens is 2. The Morgan fingerprint density at radius 3 is 2.43 bits per heavy atom. The van der Waals surface area contributed by atoms with Crippen LogP contribution in [0.4, 0.5) is 5.82 Å². The van der Waals surface area contributed by atoms with Gasteiger partial charge in [-0.2, -0.15) is 5.10 Å². The summed E-state index contributed by atoms with van der Waals surface area (Å²) in [7, 11) is 0. The number of nitrogens with one attached hydrogen (secondary N) is 1. The third-order valence-corrected chi connectivity index (χ3v) is 4.40. The van der Waals surface area contributed by atoms with Gasteiger partial charge in [0.25, 0.3) is 0 Å². The van der Waals surface area contributed by atoms with Crippen LogP contribution in [0.15, 0.2) is 77.9 Å². The van der Waals surface area contributed by atoms with Crippen LogP contribution in [-0.4, -0.2) is 27.4 Å². The molecule has 0 fully saturated rings. The molecule has 1 heterocycles. The molecule has 30 heavy (non-hydrogen) atoms. The first-order chi connectivity index (χ1) is 14.6. The molecule has 0 aliphatic carbocycles. The third kappa shape index (κ3) is 4.38. The number of phenolic OH excluding ortho intramolecular Hbond substituents is 1. The molecule has 3 aromatic carbocycles. The quantitative estimate of drug-likeness (QED) is 0.343. The van der Waals surface area contributed by atoms with Crippen molar-refractivity contribution in [3.05, 3.63) is 78.4 Å². The molecular weight excluding hydrogens is 376 g/mol. The van der Waals surface area contributed by atoms with E-state index in [0.717, 1.165) is 22.2 Å². The van der Waals surface area contributed by atoms with Crippen molar-refractivity contribution in [3.8, 4) is 22.9 Å². The molecule has 0 unspecified atom stereocenters. The topological polar surface area (TPSA) is 79.6 Å². The molecule has 4 aromatic rings. The molecule has 6 heteroatoms. The third-order valence-electron chi connectivity index (χ3n) is 4.40. The average molecular weight is 398 g/mol. The Morgan fingerprint density at radius 1 is 0.933 bits per heavy atom. The van der Waals surface area contributed by atoms with Gasteiger partial charge in [-0.15, -0.1) is 0 Å². The monoisotopic (exact) mass is 398 g/mol. The summed E-state index contributed by atoms with van der Waals surface area (Å²) >= 11 is 0. The lowest BCUT2D eigenvalue weighted by molar-refractivity contribution is 0.242. The fourth-order valence-corrected chi connectivity index (χ4v) is 3.01. The molecule has 0 radical (unpaired) electrons. The minimum atomic E-state index is 0.116. The zero-order chi connectivity index (χ0) is 20.9. The van der Waals surface area contributed by atoms with Crippen LogP contribution in [0.1, 0.15) is 19.4 Å². The molecule has 4 rings (SSSR count). The van der Waals surface area contributed by atoms with Gasteiger partial charge in [-0.1, -0.05) is 24.3 Å². The maximum Gasteiger partial charge on any atom is 0.162 e. The summed E-state index contributed by atoms with van der Waals surface area (Å²) in [6, 6.07) is 22.5. The largest absolute Gasteiger partial charge is 0.507 e. The molecule has 150 valence electrons. The standard InChI is InChI=1S/C24H22N4O2/c1-16(2)30-19-13-11-17(12-14-19)23-26-21-9-5-4-8-20(21)24(27-23)28-25-15-18-7-3-6-10-22(18)29/h3-16,29H,1-2H3,(H,26,27,28)/b25-15+. The van der Waals surface area contributed by atoms with E-state index in [1.54, 1.807) is 24.4 Å². The van der Waals surface area contributed by atoms with Gasteiger partial charge in [-0.05, 0) is 62.4 Å². The van der Waals surface area contributed by atoms with Crippen molar-refractivity contribution < 1.29 is 9.84 Å². The van der Waals surface area contributed by atoms with Crippen molar-refractivity contribution in [3.63, 3.8) is 0 Å². The van der Waals surface area contributed by atoms with Crippen LogP contribution in [0.25, 0.3) is 22.3 Å². The van der Waals surface area contributed by atoms with Gasteiger partial charge in [-0.25, -0.2) is 9.97 Å². The van der Waals surface area contributed by atoms with Crippen molar-refractivity contribution in [2.45, 2.75) is 20.0 Å². The Bertz CT molecular complexity index is 1190. The minimum Gasteiger partial charge on any atom is -0.507 e. The SMILES string of the molecule is CC(C)Oc1ccc(-c2nc(N/N=C/c3ccccc3O)c3ccccc3n2)cc1. The zero-order valence-electron chi connectivity index (χ0n) is 16.8. The number of hydrazone groups is 1. The molecule has 0 saturated carbocycles. The smallest absolute Gasteiger partial charge is 0.162 e. The van der Waals surface area contributed by atoms with Gasteiger partial charge in [0.15, 0.2) is 11.6 Å². The molecule has 0 saturated heterocycles. The lowest BCUT2D eigenvalue weighted by Crippen LogP contribution is -2.05. The van der Waals surface area contributed by atoms with Gasteiger partial charge in [0, 0.05) is 16.5 Å². The lowest BCUT2D eigenvalue weighted by Gasteiger charge is -2.11. The van der Waals surface area contributed by atoms with E-state index in [-0.39, 0.29) is 11.9 Å². The van der Waals surface area contributed by atoms with E-state index >= 15 is 0 Å². The van der Waals surface area contributed by atoms with Gasteiger partial charge >= 0.3 is 0 Å². The Kier molecular flexibility index (Phi) is 5.57. The van der Waals surface area contributed by atoms with E-state index in [9.17, 15) is 5.11 Å². The van der Waals surface area contributed by atoms with Crippen LogP contribution in [0.5, 0.6) is 11.5 Å². The number of anilines is 1. The predicted octanol–water partition coefficient (Wildman–Crippen LogP) is 5.24. The van der Waals surface area contributed by atoms with E-state index < -0.39 is 0 Å². The highest BCUT2D eigenvalue weighted by Gasteiger charge is 2.09. The fraction of sp³-hybridized carbons (Fsp3) is 0.125. The number of rotatable bonds is 6. The summed E-state index contributed by atoms with van der Waals surface area (Å²) in [6.45, 7) is 3.99. The average Bonchev–Trinajstić information content (AvgIpc) is 2.75. The second-order valence-electron chi connectivity index (χ2n) is 7.03. The molecule has 1 aromatic heterocycles. The normalized spacial score (nSPS) is 11.3. The van der Waals surface area contributed by atoms with Gasteiger partial charge in [0.2, 0.25) is 0 Å². The Morgan fingerprint density at radius 2 is 1.67 bits per heavy atom. The summed E-state index contributed by atoms with van der Waals surface area (Å²) in [5.74, 6) is 2.15. The van der Waals surface area contributed by atoms with Crippen LogP contribution in [-0.2, 0) is 0 Å². The molecule has 2 N–H and O–H groups in total. The van der Waals surface area contributed by atoms with Crippen LogP contribution < -0.4 is 10.2 Å². The summed E-state index contributed by atoms with van der Waals surface area (Å²) in [5.41, 5.74) is 5.30. The number of aromatic hydroxyl groups is 1. The first kappa shape index (κ1) is 19.4. The molecule has 0 aliphatic heterocycles. The molecule has 0 atom stereocenters. The van der Waals surface area contributed by atoms with E-state index in [1.807, 2.05) is 68.4 Å². The number of fused-ring (bicyclic) bond motifs is 1. The first-order valence-corrected chi connectivity index (χ1v) is 9.71. The van der Waals surface area contributed by atoms with Crippen LogP contribution in [0, 0.1) is 0 Å². The number of benzene rings is 3. The zero-order valence-corrected chi connectivity index (χ0v) is 16.8. The highest BCUT2D eigenvalue weighted by Crippen LogP contribution is 2.26. The maximum atomic E-state index is 9.89. The Labute approximate surface area is 174 Å². The molecule has 6 nitrogen and oxygen atoms in total. The number of nitrogens with zero attached hydrogens (tertiary/aromatic N) is 3. The van der Waals surface area contributed by atoms with Gasteiger partial charge in [-0.3, -0.25) is 5.43 Å². The predicted molar refractivity (Wildman–Crippen MR) is 120 cm³/mol. The summed E-state index contributed by atoms with van der Waals surface area (Å²) in [4.78, 5) is 9.37. The second-order valence-corrected chi connectivity index (χ2v) is 7.03. The maximum absolute atomic E-state index is 9.89. The van der Waals surface area contributed by atoms with Crippen molar-refractivity contribution in [1.82, 2.24) is 9.97 Å². The van der Waals surface area contributed by atoms with Crippen LogP contribution >= 0.6 is 0 Å². The van der Waals surface area contributed by atoms with Crippen molar-refractivity contribution >= 4 is 22.9 Å². The number of hydrogen-bond donors (Lipinski definition) is 2. The lowest BCUT2D eigenvalue weighted by atomic mass is 10.1. The highest BCUT2D eigenvalue weighted by molar-refractivity contribution is 5.91. The number of hydrogen-bond acceptors (Lipinski definition) is 6.